The van der Waals surface area contributed by atoms with Gasteiger partial charge in [0.25, 0.3) is 11.7 Å². The zero-order valence-corrected chi connectivity index (χ0v) is 20.1. The Hall–Kier alpha value is -3.64. The van der Waals surface area contributed by atoms with Crippen molar-refractivity contribution in [2.75, 3.05) is 12.0 Å². The Morgan fingerprint density at radius 1 is 1.06 bits per heavy atom. The summed E-state index contributed by atoms with van der Waals surface area (Å²) in [6.07, 6.45) is 1.59. The van der Waals surface area contributed by atoms with Crippen molar-refractivity contribution in [3.63, 3.8) is 0 Å². The minimum atomic E-state index is -0.900. The Balaban J connectivity index is 1.89. The van der Waals surface area contributed by atoms with E-state index in [1.807, 2.05) is 24.3 Å². The third-order valence-electron chi connectivity index (χ3n) is 5.85. The summed E-state index contributed by atoms with van der Waals surface area (Å²) in [4.78, 5) is 32.2. The molecule has 1 aliphatic heterocycles. The number of Topliss-reactive ketones (excluding diaryl/α,β-unsaturated/α-hetero) is 1. The van der Waals surface area contributed by atoms with Crippen molar-refractivity contribution in [1.82, 2.24) is 4.98 Å². The second-order valence-corrected chi connectivity index (χ2v) is 9.48. The van der Waals surface area contributed by atoms with Crippen molar-refractivity contribution in [2.45, 2.75) is 32.2 Å². The number of carbonyl (C=O) groups is 2. The molecule has 1 N–H and O–H groups in total. The number of rotatable bonds is 4. The maximum Gasteiger partial charge on any atom is 0.300 e. The number of methoxy groups -OCH3 is 1. The summed E-state index contributed by atoms with van der Waals surface area (Å²) in [7, 11) is 1.48. The predicted molar refractivity (Wildman–Crippen MR) is 132 cm³/mol. The number of ether oxygens (including phenoxy) is 1. The van der Waals surface area contributed by atoms with Crippen molar-refractivity contribution < 1.29 is 19.4 Å². The first kappa shape index (κ1) is 23.5. The Bertz CT molecular complexity index is 1280. The van der Waals surface area contributed by atoms with E-state index < -0.39 is 17.7 Å². The van der Waals surface area contributed by atoms with Crippen LogP contribution in [0.25, 0.3) is 5.76 Å². The minimum Gasteiger partial charge on any atom is -0.507 e. The van der Waals surface area contributed by atoms with Crippen LogP contribution in [0.1, 0.15) is 43.6 Å². The fraction of sp³-hybridized carbons (Fsp3) is 0.222. The molecule has 0 spiro atoms. The molecule has 174 valence electrons. The number of halogens is 1. The van der Waals surface area contributed by atoms with E-state index in [2.05, 4.69) is 25.8 Å². The summed E-state index contributed by atoms with van der Waals surface area (Å²) in [5, 5.41) is 11.5. The molecule has 34 heavy (non-hydrogen) atoms. The van der Waals surface area contributed by atoms with E-state index in [-0.39, 0.29) is 21.8 Å². The summed E-state index contributed by atoms with van der Waals surface area (Å²) in [5.74, 6) is -1.42. The van der Waals surface area contributed by atoms with E-state index in [1.165, 1.54) is 18.1 Å². The van der Waals surface area contributed by atoms with Gasteiger partial charge in [0.1, 0.15) is 17.6 Å². The zero-order chi connectivity index (χ0) is 24.6. The van der Waals surface area contributed by atoms with E-state index in [4.69, 9.17) is 16.3 Å². The highest BCUT2D eigenvalue weighted by molar-refractivity contribution is 6.51. The molecular weight excluding hydrogens is 452 g/mol. The van der Waals surface area contributed by atoms with E-state index in [0.29, 0.717) is 22.7 Å². The Kier molecular flexibility index (Phi) is 6.19. The average Bonchev–Trinajstić information content (AvgIpc) is 3.09. The molecule has 2 heterocycles. The van der Waals surface area contributed by atoms with E-state index in [1.54, 1.807) is 36.5 Å². The second kappa shape index (κ2) is 8.95. The SMILES string of the molecule is COc1ccc(/C(O)=C2/C(=O)C(=O)N(c3ccc(C(C)(C)C)cc3)C2c2ccccn2)cc1Cl. The molecule has 1 unspecified atom stereocenters. The van der Waals surface area contributed by atoms with Crippen LogP contribution in [0, 0.1) is 0 Å². The normalized spacial score (nSPS) is 17.8. The van der Waals surface area contributed by atoms with E-state index >= 15 is 0 Å². The molecule has 2 aromatic carbocycles. The number of aliphatic hydroxyl groups excluding tert-OH is 1. The van der Waals surface area contributed by atoms with Crippen LogP contribution in [0.2, 0.25) is 5.02 Å². The van der Waals surface area contributed by atoms with Gasteiger partial charge in [-0.2, -0.15) is 0 Å². The summed E-state index contributed by atoms with van der Waals surface area (Å²) in [6.45, 7) is 6.30. The second-order valence-electron chi connectivity index (χ2n) is 9.07. The van der Waals surface area contributed by atoms with Crippen molar-refractivity contribution >= 4 is 34.7 Å². The van der Waals surface area contributed by atoms with Crippen molar-refractivity contribution in [3.8, 4) is 5.75 Å². The maximum absolute atomic E-state index is 13.2. The van der Waals surface area contributed by atoms with Gasteiger partial charge in [-0.3, -0.25) is 19.5 Å². The number of pyridine rings is 1. The third-order valence-corrected chi connectivity index (χ3v) is 6.14. The number of amides is 1. The van der Waals surface area contributed by atoms with Gasteiger partial charge >= 0.3 is 0 Å². The molecule has 1 aromatic heterocycles. The van der Waals surface area contributed by atoms with Crippen LogP contribution in [0.4, 0.5) is 5.69 Å². The van der Waals surface area contributed by atoms with Gasteiger partial charge in [-0.15, -0.1) is 0 Å². The number of carbonyl (C=O) groups excluding carboxylic acids is 2. The Labute approximate surface area is 203 Å². The summed E-state index contributed by atoms with van der Waals surface area (Å²) >= 11 is 6.24. The maximum atomic E-state index is 13.2. The van der Waals surface area contributed by atoms with Gasteiger partial charge < -0.3 is 9.84 Å². The van der Waals surface area contributed by atoms with Gasteiger partial charge in [0.2, 0.25) is 0 Å². The molecule has 1 aliphatic rings. The van der Waals surface area contributed by atoms with Crippen LogP contribution in [-0.2, 0) is 15.0 Å². The van der Waals surface area contributed by atoms with E-state index in [9.17, 15) is 14.7 Å². The average molecular weight is 477 g/mol. The molecule has 1 amide bonds. The first-order valence-corrected chi connectivity index (χ1v) is 11.2. The van der Waals surface area contributed by atoms with Crippen LogP contribution < -0.4 is 9.64 Å². The first-order valence-electron chi connectivity index (χ1n) is 10.8. The number of anilines is 1. The summed E-state index contributed by atoms with van der Waals surface area (Å²) in [6, 6.07) is 16.5. The smallest absolute Gasteiger partial charge is 0.300 e. The lowest BCUT2D eigenvalue weighted by molar-refractivity contribution is -0.132. The Morgan fingerprint density at radius 3 is 2.32 bits per heavy atom. The van der Waals surface area contributed by atoms with E-state index in [0.717, 1.165) is 5.56 Å². The molecule has 1 atom stereocenters. The van der Waals surface area contributed by atoms with Gasteiger partial charge in [-0.05, 0) is 53.4 Å². The number of aliphatic hydroxyl groups is 1. The quantitative estimate of drug-likeness (QED) is 0.298. The standard InChI is InChI=1S/C27H25ClN2O4/c1-27(2,3)17-9-11-18(12-10-17)30-23(20-7-5-6-14-29-20)22(25(32)26(30)33)24(31)16-8-13-21(34-4)19(28)15-16/h5-15,23,31H,1-4H3/b24-22-. The van der Waals surface area contributed by atoms with Gasteiger partial charge in [-0.1, -0.05) is 50.6 Å². The highest BCUT2D eigenvalue weighted by Gasteiger charge is 2.47. The van der Waals surface area contributed by atoms with Crippen LogP contribution in [-0.4, -0.2) is 28.9 Å². The molecule has 0 saturated carbocycles. The van der Waals surface area contributed by atoms with Gasteiger partial charge in [0.15, 0.2) is 0 Å². The predicted octanol–water partition coefficient (Wildman–Crippen LogP) is 5.67. The number of aromatic nitrogens is 1. The molecule has 0 aliphatic carbocycles. The first-order chi connectivity index (χ1) is 16.1. The third kappa shape index (κ3) is 4.17. The number of hydrogen-bond acceptors (Lipinski definition) is 5. The molecule has 7 heteroatoms. The van der Waals surface area contributed by atoms with Crippen molar-refractivity contribution in [2.24, 2.45) is 0 Å². The van der Waals surface area contributed by atoms with Crippen molar-refractivity contribution in [3.05, 3.63) is 94.3 Å². The number of benzene rings is 2. The highest BCUT2D eigenvalue weighted by Crippen LogP contribution is 2.42. The lowest BCUT2D eigenvalue weighted by atomic mass is 9.87. The number of nitrogens with zero attached hydrogens (tertiary/aromatic N) is 2. The van der Waals surface area contributed by atoms with Crippen LogP contribution in [0.15, 0.2) is 72.4 Å². The van der Waals surface area contributed by atoms with Gasteiger partial charge in [-0.25, -0.2) is 0 Å². The molecule has 1 saturated heterocycles. The van der Waals surface area contributed by atoms with Crippen LogP contribution >= 0.6 is 11.6 Å². The van der Waals surface area contributed by atoms with Gasteiger partial charge in [0, 0.05) is 17.4 Å². The van der Waals surface area contributed by atoms with Crippen molar-refractivity contribution in [1.29, 1.82) is 0 Å². The Morgan fingerprint density at radius 2 is 1.76 bits per heavy atom. The molecule has 6 nitrogen and oxygen atoms in total. The molecule has 1 fully saturated rings. The molecule has 0 radical (unpaired) electrons. The fourth-order valence-corrected chi connectivity index (χ4v) is 4.27. The molecule has 0 bridgehead atoms. The molecular formula is C27H25ClN2O4. The topological polar surface area (TPSA) is 79.7 Å². The number of ketones is 1. The monoisotopic (exact) mass is 476 g/mol. The lowest BCUT2D eigenvalue weighted by Gasteiger charge is -2.26. The molecule has 4 rings (SSSR count). The number of hydrogen-bond donors (Lipinski definition) is 1. The molecule has 3 aromatic rings. The fourth-order valence-electron chi connectivity index (χ4n) is 4.01. The van der Waals surface area contributed by atoms with Crippen LogP contribution in [0.5, 0.6) is 5.75 Å². The summed E-state index contributed by atoms with van der Waals surface area (Å²) < 4.78 is 5.17. The lowest BCUT2D eigenvalue weighted by Crippen LogP contribution is -2.30. The minimum absolute atomic E-state index is 0.0511. The highest BCUT2D eigenvalue weighted by atomic mass is 35.5. The van der Waals surface area contributed by atoms with Gasteiger partial charge in [0.05, 0.1) is 23.4 Å². The largest absolute Gasteiger partial charge is 0.507 e. The summed E-state index contributed by atoms with van der Waals surface area (Å²) in [5.41, 5.74) is 2.27. The zero-order valence-electron chi connectivity index (χ0n) is 19.4. The van der Waals surface area contributed by atoms with Crippen LogP contribution in [0.3, 0.4) is 0 Å².